The van der Waals surface area contributed by atoms with Gasteiger partial charge in [0, 0.05) is 18.4 Å². The van der Waals surface area contributed by atoms with Gasteiger partial charge in [0.2, 0.25) is 5.95 Å². The maximum Gasteiger partial charge on any atom is 0.421 e. The van der Waals surface area contributed by atoms with Crippen molar-refractivity contribution in [2.24, 2.45) is 0 Å². The van der Waals surface area contributed by atoms with Gasteiger partial charge in [0.05, 0.1) is 10.0 Å². The second-order valence-electron chi connectivity index (χ2n) is 6.01. The Morgan fingerprint density at radius 1 is 1.03 bits per heavy atom. The first-order chi connectivity index (χ1) is 13.7. The summed E-state index contributed by atoms with van der Waals surface area (Å²) >= 11 is 11.8. The van der Waals surface area contributed by atoms with Gasteiger partial charge in [-0.15, -0.1) is 0 Å². The lowest BCUT2D eigenvalue weighted by atomic mass is 10.1. The molecule has 29 heavy (non-hydrogen) atoms. The number of hydrogen-bond acceptors (Lipinski definition) is 5. The van der Waals surface area contributed by atoms with Crippen molar-refractivity contribution in [1.29, 1.82) is 0 Å². The Morgan fingerprint density at radius 3 is 2.48 bits per heavy atom. The van der Waals surface area contributed by atoms with E-state index in [9.17, 15) is 18.3 Å². The molecule has 3 N–H and O–H groups in total. The number of hydrogen-bond donors (Lipinski definition) is 3. The number of aromatic hydroxyl groups is 1. The summed E-state index contributed by atoms with van der Waals surface area (Å²) in [5.74, 6) is -0.332. The van der Waals surface area contributed by atoms with Crippen molar-refractivity contribution in [2.45, 2.75) is 12.6 Å². The van der Waals surface area contributed by atoms with Gasteiger partial charge >= 0.3 is 6.18 Å². The standard InChI is InChI=1S/C19H15Cl2F3N4O/c20-14-6-5-12(9-15(14)21)27-18-26-10-13(19(22,23)24)17(28-18)25-8-7-11-3-1-2-4-16(11)29/h1-6,9-10,29H,7-8H2,(H2,25,26,27,28). The van der Waals surface area contributed by atoms with Crippen LogP contribution in [0.1, 0.15) is 11.1 Å². The minimum atomic E-state index is -4.63. The summed E-state index contributed by atoms with van der Waals surface area (Å²) in [6.07, 6.45) is -3.61. The minimum Gasteiger partial charge on any atom is -0.508 e. The monoisotopic (exact) mass is 442 g/mol. The highest BCUT2D eigenvalue weighted by molar-refractivity contribution is 6.42. The Balaban J connectivity index is 1.80. The van der Waals surface area contributed by atoms with Crippen molar-refractivity contribution in [3.8, 4) is 5.75 Å². The van der Waals surface area contributed by atoms with Gasteiger partial charge in [-0.1, -0.05) is 41.4 Å². The molecular formula is C19H15Cl2F3N4O. The second kappa shape index (κ2) is 8.75. The Morgan fingerprint density at radius 2 is 1.79 bits per heavy atom. The lowest BCUT2D eigenvalue weighted by molar-refractivity contribution is -0.137. The highest BCUT2D eigenvalue weighted by Crippen LogP contribution is 2.34. The van der Waals surface area contributed by atoms with E-state index in [4.69, 9.17) is 23.2 Å². The molecule has 3 rings (SSSR count). The average molecular weight is 443 g/mol. The van der Waals surface area contributed by atoms with Crippen LogP contribution in [0, 0.1) is 0 Å². The summed E-state index contributed by atoms with van der Waals surface area (Å²) in [7, 11) is 0. The number of nitrogens with zero attached hydrogens (tertiary/aromatic N) is 2. The highest BCUT2D eigenvalue weighted by atomic mass is 35.5. The number of para-hydroxylation sites is 1. The number of nitrogens with one attached hydrogen (secondary N) is 2. The van der Waals surface area contributed by atoms with Gasteiger partial charge in [0.15, 0.2) is 0 Å². The van der Waals surface area contributed by atoms with Gasteiger partial charge in [-0.05, 0) is 36.2 Å². The van der Waals surface area contributed by atoms with Crippen LogP contribution >= 0.6 is 23.2 Å². The van der Waals surface area contributed by atoms with E-state index in [0.29, 0.717) is 28.9 Å². The molecule has 3 aromatic rings. The molecule has 0 fully saturated rings. The van der Waals surface area contributed by atoms with E-state index in [1.54, 1.807) is 30.3 Å². The van der Waals surface area contributed by atoms with Crippen LogP contribution in [0.3, 0.4) is 0 Å². The minimum absolute atomic E-state index is 0.0403. The molecular weight excluding hydrogens is 428 g/mol. The zero-order valence-electron chi connectivity index (χ0n) is 14.8. The molecule has 0 unspecified atom stereocenters. The molecule has 0 aliphatic rings. The lowest BCUT2D eigenvalue weighted by Crippen LogP contribution is -2.16. The normalized spacial score (nSPS) is 11.3. The first-order valence-corrected chi connectivity index (χ1v) is 9.16. The highest BCUT2D eigenvalue weighted by Gasteiger charge is 2.35. The predicted molar refractivity (Wildman–Crippen MR) is 107 cm³/mol. The number of phenols is 1. The third-order valence-corrected chi connectivity index (χ3v) is 4.69. The summed E-state index contributed by atoms with van der Waals surface area (Å²) in [6.45, 7) is 0.129. The fourth-order valence-corrected chi connectivity index (χ4v) is 2.82. The van der Waals surface area contributed by atoms with Gasteiger partial charge in [-0.3, -0.25) is 0 Å². The van der Waals surface area contributed by atoms with Crippen molar-refractivity contribution in [1.82, 2.24) is 9.97 Å². The Labute approximate surface area is 174 Å². The summed E-state index contributed by atoms with van der Waals surface area (Å²) in [6, 6.07) is 11.3. The second-order valence-corrected chi connectivity index (χ2v) is 6.83. The molecule has 2 aromatic carbocycles. The van der Waals surface area contributed by atoms with Crippen LogP contribution in [0.15, 0.2) is 48.7 Å². The van der Waals surface area contributed by atoms with Crippen molar-refractivity contribution in [3.05, 3.63) is 69.8 Å². The van der Waals surface area contributed by atoms with Gasteiger partial charge in [-0.25, -0.2) is 4.98 Å². The maximum atomic E-state index is 13.3. The number of rotatable bonds is 6. The predicted octanol–water partition coefficient (Wildman–Crippen LogP) is 5.91. The fraction of sp³-hybridized carbons (Fsp3) is 0.158. The van der Waals surface area contributed by atoms with Crippen LogP contribution in [-0.4, -0.2) is 21.6 Å². The van der Waals surface area contributed by atoms with E-state index in [0.717, 1.165) is 0 Å². The summed E-state index contributed by atoms with van der Waals surface area (Å²) in [5.41, 5.74) is 0.0885. The molecule has 10 heteroatoms. The van der Waals surface area contributed by atoms with E-state index in [1.807, 2.05) is 0 Å². The first-order valence-electron chi connectivity index (χ1n) is 8.41. The Bertz CT molecular complexity index is 1010. The molecule has 0 aliphatic heterocycles. The van der Waals surface area contributed by atoms with Crippen LogP contribution in [0.5, 0.6) is 5.75 Å². The van der Waals surface area contributed by atoms with Crippen LogP contribution in [0.2, 0.25) is 10.0 Å². The van der Waals surface area contributed by atoms with Crippen molar-refractivity contribution < 1.29 is 18.3 Å². The number of phenolic OH excluding ortho intramolecular Hbond substituents is 1. The maximum absolute atomic E-state index is 13.3. The van der Waals surface area contributed by atoms with Gasteiger partial charge in [0.25, 0.3) is 0 Å². The zero-order valence-corrected chi connectivity index (χ0v) is 16.3. The molecule has 0 radical (unpaired) electrons. The zero-order chi connectivity index (χ0) is 21.0. The van der Waals surface area contributed by atoms with Gasteiger partial charge in [0.1, 0.15) is 17.1 Å². The van der Waals surface area contributed by atoms with Gasteiger partial charge in [-0.2, -0.15) is 18.2 Å². The molecule has 152 valence electrons. The molecule has 0 aliphatic carbocycles. The number of halogens is 5. The van der Waals surface area contributed by atoms with E-state index in [-0.39, 0.29) is 29.1 Å². The molecule has 0 saturated carbocycles. The third-order valence-electron chi connectivity index (χ3n) is 3.95. The summed E-state index contributed by atoms with van der Waals surface area (Å²) in [4.78, 5) is 7.68. The van der Waals surface area contributed by atoms with E-state index in [2.05, 4.69) is 20.6 Å². The van der Waals surface area contributed by atoms with E-state index in [1.165, 1.54) is 12.1 Å². The Hall–Kier alpha value is -2.71. The quantitative estimate of drug-likeness (QED) is 0.442. The topological polar surface area (TPSA) is 70.1 Å². The molecule has 0 bridgehead atoms. The smallest absolute Gasteiger partial charge is 0.421 e. The molecule has 0 spiro atoms. The van der Waals surface area contributed by atoms with Gasteiger partial charge < -0.3 is 15.7 Å². The van der Waals surface area contributed by atoms with Crippen molar-refractivity contribution >= 4 is 40.7 Å². The number of alkyl halides is 3. The molecule has 1 heterocycles. The van der Waals surface area contributed by atoms with Crippen LogP contribution < -0.4 is 10.6 Å². The van der Waals surface area contributed by atoms with Crippen LogP contribution in [0.25, 0.3) is 0 Å². The third kappa shape index (κ3) is 5.42. The first kappa shape index (κ1) is 21.0. The van der Waals surface area contributed by atoms with E-state index < -0.39 is 11.7 Å². The number of benzene rings is 2. The molecule has 1 aromatic heterocycles. The molecule has 0 atom stereocenters. The summed E-state index contributed by atoms with van der Waals surface area (Å²) < 4.78 is 39.9. The number of aromatic nitrogens is 2. The number of anilines is 3. The van der Waals surface area contributed by atoms with Crippen molar-refractivity contribution in [3.63, 3.8) is 0 Å². The fourth-order valence-electron chi connectivity index (χ4n) is 2.53. The molecule has 5 nitrogen and oxygen atoms in total. The molecule has 0 amide bonds. The SMILES string of the molecule is Oc1ccccc1CCNc1nc(Nc2ccc(Cl)c(Cl)c2)ncc1C(F)(F)F. The average Bonchev–Trinajstić information content (AvgIpc) is 2.65. The largest absolute Gasteiger partial charge is 0.508 e. The molecule has 0 saturated heterocycles. The van der Waals surface area contributed by atoms with Crippen LogP contribution in [-0.2, 0) is 12.6 Å². The van der Waals surface area contributed by atoms with Crippen molar-refractivity contribution in [2.75, 3.05) is 17.2 Å². The Kier molecular flexibility index (Phi) is 6.34. The summed E-state index contributed by atoms with van der Waals surface area (Å²) in [5, 5.41) is 15.9. The van der Waals surface area contributed by atoms with E-state index >= 15 is 0 Å². The lowest BCUT2D eigenvalue weighted by Gasteiger charge is -2.15. The van der Waals surface area contributed by atoms with Crippen LogP contribution in [0.4, 0.5) is 30.6 Å².